The Balaban J connectivity index is 2.13. The predicted octanol–water partition coefficient (Wildman–Crippen LogP) is 3.45. The van der Waals surface area contributed by atoms with Gasteiger partial charge in [-0.2, -0.15) is 0 Å². The summed E-state index contributed by atoms with van der Waals surface area (Å²) >= 11 is 8.10. The van der Waals surface area contributed by atoms with Crippen LogP contribution in [0.2, 0.25) is 0 Å². The smallest absolute Gasteiger partial charge is 0.161 e. The third-order valence-electron chi connectivity index (χ3n) is 3.70. The van der Waals surface area contributed by atoms with Gasteiger partial charge in [0.05, 0.1) is 10.2 Å². The van der Waals surface area contributed by atoms with Gasteiger partial charge in [0, 0.05) is 24.8 Å². The number of rotatable bonds is 4. The minimum Gasteiger partial charge on any atom is -0.389 e. The summed E-state index contributed by atoms with van der Waals surface area (Å²) in [5.74, 6) is 0.145. The first-order valence-corrected chi connectivity index (χ1v) is 7.83. The van der Waals surface area contributed by atoms with Crippen molar-refractivity contribution < 1.29 is 9.13 Å². The SMILES string of the molecule is CC(Nc1ccc(C(N)=S)c(Br)c1F)C1CCOCC1. The molecule has 1 aliphatic heterocycles. The maximum atomic E-state index is 14.3. The van der Waals surface area contributed by atoms with Crippen molar-refractivity contribution in [2.45, 2.75) is 25.8 Å². The Hall–Kier alpha value is -0.720. The van der Waals surface area contributed by atoms with Gasteiger partial charge in [-0.3, -0.25) is 0 Å². The average molecular weight is 361 g/mol. The molecule has 1 heterocycles. The number of benzene rings is 1. The molecule has 110 valence electrons. The van der Waals surface area contributed by atoms with E-state index in [1.54, 1.807) is 12.1 Å². The molecule has 1 atom stereocenters. The monoisotopic (exact) mass is 360 g/mol. The highest BCUT2D eigenvalue weighted by Crippen LogP contribution is 2.29. The van der Waals surface area contributed by atoms with Crippen LogP contribution in [0.3, 0.4) is 0 Å². The number of nitrogens with two attached hydrogens (primary N) is 1. The lowest BCUT2D eigenvalue weighted by atomic mass is 9.93. The van der Waals surface area contributed by atoms with Crippen LogP contribution in [0.15, 0.2) is 16.6 Å². The fourth-order valence-electron chi connectivity index (χ4n) is 2.43. The van der Waals surface area contributed by atoms with Gasteiger partial charge >= 0.3 is 0 Å². The van der Waals surface area contributed by atoms with E-state index in [2.05, 4.69) is 28.2 Å². The van der Waals surface area contributed by atoms with E-state index < -0.39 is 0 Å². The molecule has 0 amide bonds. The summed E-state index contributed by atoms with van der Waals surface area (Å²) in [6, 6.07) is 3.61. The van der Waals surface area contributed by atoms with Gasteiger partial charge in [-0.05, 0) is 53.7 Å². The molecule has 0 spiro atoms. The van der Waals surface area contributed by atoms with Gasteiger partial charge in [-0.25, -0.2) is 4.39 Å². The summed E-state index contributed by atoms with van der Waals surface area (Å²) in [6.07, 6.45) is 2.00. The van der Waals surface area contributed by atoms with E-state index in [9.17, 15) is 4.39 Å². The maximum Gasteiger partial charge on any atom is 0.161 e. The summed E-state index contributed by atoms with van der Waals surface area (Å²) in [4.78, 5) is 0.180. The van der Waals surface area contributed by atoms with Crippen LogP contribution in [0.5, 0.6) is 0 Å². The van der Waals surface area contributed by atoms with E-state index in [4.69, 9.17) is 22.7 Å². The summed E-state index contributed by atoms with van der Waals surface area (Å²) in [6.45, 7) is 3.64. The molecule has 2 rings (SSSR count). The van der Waals surface area contributed by atoms with E-state index in [1.165, 1.54) is 0 Å². The van der Waals surface area contributed by atoms with E-state index in [0.717, 1.165) is 26.1 Å². The first kappa shape index (κ1) is 15.7. The van der Waals surface area contributed by atoms with E-state index in [0.29, 0.717) is 21.6 Å². The summed E-state index contributed by atoms with van der Waals surface area (Å²) in [5, 5.41) is 3.24. The molecule has 0 aromatic heterocycles. The fraction of sp³-hybridized carbons (Fsp3) is 0.500. The van der Waals surface area contributed by atoms with Crippen molar-refractivity contribution in [3.63, 3.8) is 0 Å². The molecule has 0 aliphatic carbocycles. The van der Waals surface area contributed by atoms with Gasteiger partial charge in [0.1, 0.15) is 4.99 Å². The zero-order valence-corrected chi connectivity index (χ0v) is 13.7. The van der Waals surface area contributed by atoms with Crippen LogP contribution in [0.4, 0.5) is 10.1 Å². The van der Waals surface area contributed by atoms with Crippen molar-refractivity contribution in [2.75, 3.05) is 18.5 Å². The Kier molecular flexibility index (Phi) is 5.35. The number of thiocarbonyl (C=S) groups is 1. The van der Waals surface area contributed by atoms with Crippen LogP contribution >= 0.6 is 28.1 Å². The first-order valence-electron chi connectivity index (χ1n) is 6.62. The van der Waals surface area contributed by atoms with E-state index >= 15 is 0 Å². The lowest BCUT2D eigenvalue weighted by Gasteiger charge is -2.29. The van der Waals surface area contributed by atoms with Crippen LogP contribution in [-0.2, 0) is 4.74 Å². The highest BCUT2D eigenvalue weighted by Gasteiger charge is 2.22. The second kappa shape index (κ2) is 6.83. The topological polar surface area (TPSA) is 47.3 Å². The lowest BCUT2D eigenvalue weighted by Crippen LogP contribution is -2.31. The minimum atomic E-state index is -0.353. The number of ether oxygens (including phenoxy) is 1. The molecule has 1 fully saturated rings. The van der Waals surface area contributed by atoms with Crippen molar-refractivity contribution >= 4 is 38.8 Å². The quantitative estimate of drug-likeness (QED) is 0.807. The van der Waals surface area contributed by atoms with Gasteiger partial charge in [0.25, 0.3) is 0 Å². The van der Waals surface area contributed by atoms with Gasteiger partial charge in [-0.15, -0.1) is 0 Å². The third-order valence-corrected chi connectivity index (χ3v) is 4.70. The Morgan fingerprint density at radius 3 is 2.75 bits per heavy atom. The standard InChI is InChI=1S/C14H18BrFN2OS/c1-8(9-4-6-19-7-5-9)18-11-3-2-10(14(17)20)12(15)13(11)16/h2-3,8-9,18H,4-7H2,1H3,(H2,17,20). The van der Waals surface area contributed by atoms with Crippen LogP contribution < -0.4 is 11.1 Å². The number of nitrogens with one attached hydrogen (secondary N) is 1. The maximum absolute atomic E-state index is 14.3. The second-order valence-corrected chi connectivity index (χ2v) is 6.27. The zero-order chi connectivity index (χ0) is 14.7. The molecule has 3 N–H and O–H groups in total. The first-order chi connectivity index (χ1) is 9.50. The van der Waals surface area contributed by atoms with Crippen molar-refractivity contribution in [2.24, 2.45) is 11.7 Å². The summed E-state index contributed by atoms with van der Waals surface area (Å²) in [7, 11) is 0. The highest BCUT2D eigenvalue weighted by atomic mass is 79.9. The lowest BCUT2D eigenvalue weighted by molar-refractivity contribution is 0.0622. The molecule has 0 bridgehead atoms. The van der Waals surface area contributed by atoms with Gasteiger partial charge < -0.3 is 15.8 Å². The van der Waals surface area contributed by atoms with Crippen molar-refractivity contribution in [3.05, 3.63) is 28.0 Å². The van der Waals surface area contributed by atoms with E-state index in [-0.39, 0.29) is 16.8 Å². The Labute approximate surface area is 132 Å². The molecule has 6 heteroatoms. The number of halogens is 2. The van der Waals surface area contributed by atoms with Gasteiger partial charge in [-0.1, -0.05) is 12.2 Å². The molecular formula is C14H18BrFN2OS. The van der Waals surface area contributed by atoms with E-state index in [1.807, 2.05) is 0 Å². The van der Waals surface area contributed by atoms with Crippen LogP contribution in [0.25, 0.3) is 0 Å². The zero-order valence-electron chi connectivity index (χ0n) is 11.3. The molecule has 0 radical (unpaired) electrons. The third kappa shape index (κ3) is 3.48. The molecule has 1 saturated heterocycles. The molecule has 1 aliphatic rings. The number of hydrogen-bond donors (Lipinski definition) is 2. The normalized spacial score (nSPS) is 17.8. The van der Waals surface area contributed by atoms with Gasteiger partial charge in [0.15, 0.2) is 5.82 Å². The summed E-state index contributed by atoms with van der Waals surface area (Å²) < 4.78 is 20.0. The molecule has 20 heavy (non-hydrogen) atoms. The number of hydrogen-bond acceptors (Lipinski definition) is 3. The molecule has 1 unspecified atom stereocenters. The fourth-order valence-corrected chi connectivity index (χ4v) is 3.29. The molecule has 3 nitrogen and oxygen atoms in total. The Morgan fingerprint density at radius 1 is 1.50 bits per heavy atom. The Bertz CT molecular complexity index is 506. The summed E-state index contributed by atoms with van der Waals surface area (Å²) in [5.41, 5.74) is 6.54. The van der Waals surface area contributed by atoms with Crippen molar-refractivity contribution in [3.8, 4) is 0 Å². The molecule has 0 saturated carbocycles. The van der Waals surface area contributed by atoms with Gasteiger partial charge in [0.2, 0.25) is 0 Å². The largest absolute Gasteiger partial charge is 0.389 e. The predicted molar refractivity (Wildman–Crippen MR) is 86.6 cm³/mol. The second-order valence-electron chi connectivity index (χ2n) is 5.04. The van der Waals surface area contributed by atoms with Crippen molar-refractivity contribution in [1.29, 1.82) is 0 Å². The highest BCUT2D eigenvalue weighted by molar-refractivity contribution is 9.10. The number of anilines is 1. The van der Waals surface area contributed by atoms with Crippen molar-refractivity contribution in [1.82, 2.24) is 0 Å². The minimum absolute atomic E-state index is 0.180. The van der Waals surface area contributed by atoms with Crippen LogP contribution in [-0.4, -0.2) is 24.2 Å². The Morgan fingerprint density at radius 2 is 2.15 bits per heavy atom. The molecule has 1 aromatic rings. The molecule has 1 aromatic carbocycles. The molecular weight excluding hydrogens is 343 g/mol. The van der Waals surface area contributed by atoms with Crippen LogP contribution in [0, 0.1) is 11.7 Å². The van der Waals surface area contributed by atoms with Crippen LogP contribution in [0.1, 0.15) is 25.3 Å². The average Bonchev–Trinajstić information content (AvgIpc) is 2.44.